The van der Waals surface area contributed by atoms with Gasteiger partial charge in [0.1, 0.15) is 17.1 Å². The van der Waals surface area contributed by atoms with Gasteiger partial charge in [-0.3, -0.25) is 0 Å². The van der Waals surface area contributed by atoms with Crippen LogP contribution < -0.4 is 4.74 Å². The summed E-state index contributed by atoms with van der Waals surface area (Å²) in [5.74, 6) is 1.46. The Kier molecular flexibility index (Phi) is 6.11. The van der Waals surface area contributed by atoms with Crippen LogP contribution in [0.15, 0.2) is 46.9 Å². The second kappa shape index (κ2) is 7.91. The highest BCUT2D eigenvalue weighted by Gasteiger charge is 2.20. The smallest absolute Gasteiger partial charge is 0.410 e. The molecule has 4 nitrogen and oxygen atoms in total. The fourth-order valence-electron chi connectivity index (χ4n) is 2.15. The lowest BCUT2D eigenvalue weighted by molar-refractivity contribution is 0.0284. The Labute approximate surface area is 157 Å². The first-order valence-corrected chi connectivity index (χ1v) is 8.90. The van der Waals surface area contributed by atoms with E-state index >= 15 is 0 Å². The van der Waals surface area contributed by atoms with Gasteiger partial charge in [-0.2, -0.15) is 0 Å². The van der Waals surface area contributed by atoms with Crippen molar-refractivity contribution < 1.29 is 14.3 Å². The Balaban J connectivity index is 2.17. The third-order valence-electron chi connectivity index (χ3n) is 3.39. The van der Waals surface area contributed by atoms with Crippen molar-refractivity contribution in [3.8, 4) is 11.5 Å². The van der Waals surface area contributed by atoms with E-state index in [-0.39, 0.29) is 6.09 Å². The Hall–Kier alpha value is -2.01. The number of carbonyl (C=O) groups is 1. The highest BCUT2D eigenvalue weighted by molar-refractivity contribution is 9.10. The lowest BCUT2D eigenvalue weighted by Gasteiger charge is -2.25. The fourth-order valence-corrected chi connectivity index (χ4v) is 2.49. The normalized spacial score (nSPS) is 11.1. The van der Waals surface area contributed by atoms with E-state index in [1.807, 2.05) is 70.2 Å². The molecule has 0 radical (unpaired) electrons. The third-order valence-corrected chi connectivity index (χ3v) is 3.88. The summed E-state index contributed by atoms with van der Waals surface area (Å²) in [6, 6.07) is 13.6. The van der Waals surface area contributed by atoms with E-state index < -0.39 is 5.60 Å². The number of halogens is 1. The average molecular weight is 406 g/mol. The van der Waals surface area contributed by atoms with E-state index in [1.54, 1.807) is 7.05 Å². The number of carbonyl (C=O) groups excluding carboxylic acids is 1. The van der Waals surface area contributed by atoms with Crippen LogP contribution in [-0.2, 0) is 11.3 Å². The molecule has 2 aromatic carbocycles. The summed E-state index contributed by atoms with van der Waals surface area (Å²) in [6.45, 7) is 7.98. The van der Waals surface area contributed by atoms with Crippen molar-refractivity contribution in [1.29, 1.82) is 0 Å². The van der Waals surface area contributed by atoms with Gasteiger partial charge in [-0.25, -0.2) is 4.79 Å². The van der Waals surface area contributed by atoms with Crippen LogP contribution >= 0.6 is 15.9 Å². The van der Waals surface area contributed by atoms with Crippen molar-refractivity contribution in [1.82, 2.24) is 4.90 Å². The highest BCUT2D eigenvalue weighted by atomic mass is 79.9. The molecule has 134 valence electrons. The molecule has 2 aromatic rings. The largest absolute Gasteiger partial charge is 0.457 e. The van der Waals surface area contributed by atoms with Crippen LogP contribution in [0.3, 0.4) is 0 Å². The number of ether oxygens (including phenoxy) is 2. The molecule has 0 aliphatic heterocycles. The molecular weight excluding hydrogens is 382 g/mol. The number of rotatable bonds is 4. The molecule has 25 heavy (non-hydrogen) atoms. The summed E-state index contributed by atoms with van der Waals surface area (Å²) in [6.07, 6.45) is -0.364. The first-order chi connectivity index (χ1) is 11.6. The molecule has 0 fully saturated rings. The molecule has 0 spiro atoms. The quantitative estimate of drug-likeness (QED) is 0.633. The molecule has 0 unspecified atom stereocenters. The number of hydrogen-bond donors (Lipinski definition) is 0. The van der Waals surface area contributed by atoms with Gasteiger partial charge in [-0.15, -0.1) is 0 Å². The third kappa shape index (κ3) is 6.09. The first-order valence-electron chi connectivity index (χ1n) is 8.11. The van der Waals surface area contributed by atoms with Crippen LogP contribution in [0.2, 0.25) is 0 Å². The van der Waals surface area contributed by atoms with E-state index in [0.717, 1.165) is 15.8 Å². The maximum atomic E-state index is 12.2. The van der Waals surface area contributed by atoms with Crippen LogP contribution in [0.1, 0.15) is 31.9 Å². The number of amides is 1. The molecule has 0 saturated carbocycles. The second-order valence-electron chi connectivity index (χ2n) is 7.00. The van der Waals surface area contributed by atoms with E-state index in [2.05, 4.69) is 15.9 Å². The molecule has 0 aliphatic carbocycles. The van der Waals surface area contributed by atoms with Gasteiger partial charge in [-0.1, -0.05) is 39.7 Å². The Bertz CT molecular complexity index is 736. The van der Waals surface area contributed by atoms with Gasteiger partial charge in [0.05, 0.1) is 6.54 Å². The van der Waals surface area contributed by atoms with Crippen LogP contribution in [0, 0.1) is 6.92 Å². The number of aryl methyl sites for hydroxylation is 1. The Morgan fingerprint density at radius 1 is 1.12 bits per heavy atom. The van der Waals surface area contributed by atoms with E-state index in [9.17, 15) is 4.79 Å². The molecule has 0 bridgehead atoms. The maximum absolute atomic E-state index is 12.2. The minimum Gasteiger partial charge on any atom is -0.457 e. The molecule has 0 aliphatic rings. The van der Waals surface area contributed by atoms with E-state index in [0.29, 0.717) is 12.3 Å². The minimum absolute atomic E-state index is 0.364. The molecule has 0 aromatic heterocycles. The molecule has 2 rings (SSSR count). The van der Waals surface area contributed by atoms with Crippen LogP contribution in [0.25, 0.3) is 0 Å². The van der Waals surface area contributed by atoms with Crippen molar-refractivity contribution in [3.63, 3.8) is 0 Å². The minimum atomic E-state index is -0.522. The van der Waals surface area contributed by atoms with Crippen LogP contribution in [0.4, 0.5) is 4.79 Å². The number of nitrogens with zero attached hydrogens (tertiary/aromatic N) is 1. The zero-order valence-electron chi connectivity index (χ0n) is 15.3. The van der Waals surface area contributed by atoms with Crippen molar-refractivity contribution in [2.24, 2.45) is 0 Å². The zero-order chi connectivity index (χ0) is 18.6. The predicted molar refractivity (Wildman–Crippen MR) is 103 cm³/mol. The average Bonchev–Trinajstić information content (AvgIpc) is 2.50. The molecule has 5 heteroatoms. The monoisotopic (exact) mass is 405 g/mol. The standard InChI is InChI=1S/C20H24BrNO3/c1-14-6-10-17(11-7-14)24-18-12-16(21)9-8-15(18)13-22(5)19(23)25-20(2,3)4/h6-12H,13H2,1-5H3. The Morgan fingerprint density at radius 2 is 1.76 bits per heavy atom. The van der Waals surface area contributed by atoms with E-state index in [4.69, 9.17) is 9.47 Å². The summed E-state index contributed by atoms with van der Waals surface area (Å²) in [7, 11) is 1.71. The maximum Gasteiger partial charge on any atom is 0.410 e. The second-order valence-corrected chi connectivity index (χ2v) is 7.92. The number of hydrogen-bond acceptors (Lipinski definition) is 3. The lowest BCUT2D eigenvalue weighted by atomic mass is 10.2. The summed E-state index contributed by atoms with van der Waals surface area (Å²) in [5, 5.41) is 0. The van der Waals surface area contributed by atoms with Gasteiger partial charge in [0.25, 0.3) is 0 Å². The van der Waals surface area contributed by atoms with Crippen molar-refractivity contribution in [3.05, 3.63) is 58.1 Å². The molecule has 0 saturated heterocycles. The molecule has 0 heterocycles. The Morgan fingerprint density at radius 3 is 2.36 bits per heavy atom. The van der Waals surface area contributed by atoms with Gasteiger partial charge in [0.2, 0.25) is 0 Å². The summed E-state index contributed by atoms with van der Waals surface area (Å²) in [5.41, 5.74) is 1.55. The van der Waals surface area contributed by atoms with Gasteiger partial charge in [-0.05, 0) is 52.0 Å². The van der Waals surface area contributed by atoms with Gasteiger partial charge >= 0.3 is 6.09 Å². The van der Waals surface area contributed by atoms with E-state index in [1.165, 1.54) is 10.5 Å². The fraction of sp³-hybridized carbons (Fsp3) is 0.350. The molecule has 0 atom stereocenters. The highest BCUT2D eigenvalue weighted by Crippen LogP contribution is 2.30. The number of benzene rings is 2. The van der Waals surface area contributed by atoms with Crippen molar-refractivity contribution >= 4 is 22.0 Å². The van der Waals surface area contributed by atoms with Gasteiger partial charge < -0.3 is 14.4 Å². The van der Waals surface area contributed by atoms with Gasteiger partial charge in [0, 0.05) is 17.1 Å². The predicted octanol–water partition coefficient (Wildman–Crippen LogP) is 5.92. The van der Waals surface area contributed by atoms with Crippen molar-refractivity contribution in [2.45, 2.75) is 39.8 Å². The van der Waals surface area contributed by atoms with Crippen LogP contribution in [0.5, 0.6) is 11.5 Å². The molecule has 0 N–H and O–H groups in total. The first kappa shape index (κ1) is 19.3. The van der Waals surface area contributed by atoms with Gasteiger partial charge in [0.15, 0.2) is 0 Å². The summed E-state index contributed by atoms with van der Waals surface area (Å²) >= 11 is 3.47. The summed E-state index contributed by atoms with van der Waals surface area (Å²) in [4.78, 5) is 13.7. The molecular formula is C20H24BrNO3. The topological polar surface area (TPSA) is 38.8 Å². The van der Waals surface area contributed by atoms with Crippen LogP contribution in [-0.4, -0.2) is 23.6 Å². The summed E-state index contributed by atoms with van der Waals surface area (Å²) < 4.78 is 12.3. The SMILES string of the molecule is Cc1ccc(Oc2cc(Br)ccc2CN(C)C(=O)OC(C)(C)C)cc1. The lowest BCUT2D eigenvalue weighted by Crippen LogP contribution is -2.33. The molecule has 1 amide bonds. The zero-order valence-corrected chi connectivity index (χ0v) is 16.9. The van der Waals surface area contributed by atoms with Crippen molar-refractivity contribution in [2.75, 3.05) is 7.05 Å².